The van der Waals surface area contributed by atoms with Crippen LogP contribution in [-0.2, 0) is 13.2 Å². The summed E-state index contributed by atoms with van der Waals surface area (Å²) >= 11 is 12.7. The summed E-state index contributed by atoms with van der Waals surface area (Å²) in [7, 11) is 0. The third-order valence-corrected chi connectivity index (χ3v) is 4.58. The Kier molecular flexibility index (Phi) is 10.9. The number of benzene rings is 2. The van der Waals surface area contributed by atoms with E-state index in [9.17, 15) is 0 Å². The first kappa shape index (κ1) is 23.9. The molecule has 0 spiro atoms. The molecular weight excluding hydrogens is 405 g/mol. The van der Waals surface area contributed by atoms with Crippen LogP contribution in [-0.4, -0.2) is 13.2 Å². The van der Waals surface area contributed by atoms with Crippen LogP contribution in [0, 0.1) is 5.92 Å². The molecule has 27 heavy (non-hydrogen) atoms. The number of halogens is 3. The maximum absolute atomic E-state index is 6.47. The zero-order valence-corrected chi connectivity index (χ0v) is 18.4. The average Bonchev–Trinajstić information content (AvgIpc) is 2.59. The Morgan fingerprint density at radius 1 is 1.04 bits per heavy atom. The van der Waals surface area contributed by atoms with Crippen LogP contribution in [0.5, 0.6) is 11.5 Å². The predicted octanol–water partition coefficient (Wildman–Crippen LogP) is 6.53. The fraction of sp³-hybridized carbons (Fsp3) is 0.429. The minimum Gasteiger partial charge on any atom is -0.490 e. The molecule has 0 atom stereocenters. The fourth-order valence-electron chi connectivity index (χ4n) is 2.52. The van der Waals surface area contributed by atoms with Gasteiger partial charge in [0.1, 0.15) is 6.61 Å². The van der Waals surface area contributed by atoms with Crippen molar-refractivity contribution in [2.45, 2.75) is 40.3 Å². The lowest BCUT2D eigenvalue weighted by Gasteiger charge is -2.16. The molecule has 0 saturated heterocycles. The van der Waals surface area contributed by atoms with Crippen molar-refractivity contribution in [3.8, 4) is 11.5 Å². The lowest BCUT2D eigenvalue weighted by Crippen LogP contribution is -2.16. The van der Waals surface area contributed by atoms with Gasteiger partial charge in [0.2, 0.25) is 0 Å². The standard InChI is InChI=1S/C21H27Cl2NO2.ClH/c1-4-25-20-12-16(13-24-10-9-15(2)3)11-19(23)21(20)26-14-17-7-5-6-8-18(17)22;/h5-8,11-12,15,24H,4,9-10,13-14H2,1-3H3;1H. The van der Waals surface area contributed by atoms with E-state index in [2.05, 4.69) is 19.2 Å². The van der Waals surface area contributed by atoms with Gasteiger partial charge in [-0.05, 0) is 49.6 Å². The molecule has 0 aliphatic rings. The van der Waals surface area contributed by atoms with Crippen LogP contribution < -0.4 is 14.8 Å². The molecule has 0 aliphatic carbocycles. The second kappa shape index (κ2) is 12.4. The van der Waals surface area contributed by atoms with Crippen molar-refractivity contribution in [3.63, 3.8) is 0 Å². The van der Waals surface area contributed by atoms with Gasteiger partial charge >= 0.3 is 0 Å². The Morgan fingerprint density at radius 3 is 2.44 bits per heavy atom. The Morgan fingerprint density at radius 2 is 1.78 bits per heavy atom. The maximum atomic E-state index is 6.47. The second-order valence-electron chi connectivity index (χ2n) is 6.58. The third-order valence-electron chi connectivity index (χ3n) is 3.93. The van der Waals surface area contributed by atoms with E-state index in [0.29, 0.717) is 40.7 Å². The van der Waals surface area contributed by atoms with Crippen molar-refractivity contribution >= 4 is 35.6 Å². The van der Waals surface area contributed by atoms with E-state index in [-0.39, 0.29) is 12.4 Å². The Bertz CT molecular complexity index is 708. The van der Waals surface area contributed by atoms with Gasteiger partial charge in [-0.3, -0.25) is 0 Å². The van der Waals surface area contributed by atoms with Crippen molar-refractivity contribution in [2.75, 3.05) is 13.2 Å². The molecule has 2 aromatic rings. The van der Waals surface area contributed by atoms with E-state index in [1.54, 1.807) is 0 Å². The highest BCUT2D eigenvalue weighted by Gasteiger charge is 2.13. The first-order chi connectivity index (χ1) is 12.5. The Labute approximate surface area is 178 Å². The van der Waals surface area contributed by atoms with Gasteiger partial charge in [0.15, 0.2) is 11.5 Å². The highest BCUT2D eigenvalue weighted by Crippen LogP contribution is 2.37. The van der Waals surface area contributed by atoms with E-state index >= 15 is 0 Å². The predicted molar refractivity (Wildman–Crippen MR) is 117 cm³/mol. The van der Waals surface area contributed by atoms with Crippen molar-refractivity contribution in [3.05, 3.63) is 57.6 Å². The first-order valence-electron chi connectivity index (χ1n) is 9.03. The molecule has 0 heterocycles. The third kappa shape index (κ3) is 7.79. The summed E-state index contributed by atoms with van der Waals surface area (Å²) in [6, 6.07) is 11.5. The molecule has 0 aliphatic heterocycles. The molecule has 150 valence electrons. The summed E-state index contributed by atoms with van der Waals surface area (Å²) < 4.78 is 11.7. The van der Waals surface area contributed by atoms with Crippen LogP contribution in [0.3, 0.4) is 0 Å². The van der Waals surface area contributed by atoms with E-state index < -0.39 is 0 Å². The lowest BCUT2D eigenvalue weighted by molar-refractivity contribution is 0.269. The molecule has 0 unspecified atom stereocenters. The molecule has 0 bridgehead atoms. The summed E-state index contributed by atoms with van der Waals surface area (Å²) in [6.07, 6.45) is 1.14. The summed E-state index contributed by atoms with van der Waals surface area (Å²) in [6.45, 7) is 8.99. The van der Waals surface area contributed by atoms with Gasteiger partial charge in [0.25, 0.3) is 0 Å². The van der Waals surface area contributed by atoms with E-state index in [1.165, 1.54) is 0 Å². The number of nitrogens with one attached hydrogen (secondary N) is 1. The van der Waals surface area contributed by atoms with Crippen LogP contribution in [0.2, 0.25) is 10.0 Å². The maximum Gasteiger partial charge on any atom is 0.180 e. The highest BCUT2D eigenvalue weighted by molar-refractivity contribution is 6.32. The summed E-state index contributed by atoms with van der Waals surface area (Å²) in [5, 5.41) is 4.66. The smallest absolute Gasteiger partial charge is 0.180 e. The molecule has 0 aromatic heterocycles. The fourth-order valence-corrected chi connectivity index (χ4v) is 2.99. The molecule has 0 fully saturated rings. The van der Waals surface area contributed by atoms with Gasteiger partial charge in [-0.15, -0.1) is 12.4 Å². The summed E-state index contributed by atoms with van der Waals surface area (Å²) in [5.41, 5.74) is 1.99. The second-order valence-corrected chi connectivity index (χ2v) is 7.39. The molecule has 1 N–H and O–H groups in total. The van der Waals surface area contributed by atoms with Crippen LogP contribution >= 0.6 is 35.6 Å². The minimum absolute atomic E-state index is 0. The van der Waals surface area contributed by atoms with E-state index in [1.807, 2.05) is 43.3 Å². The van der Waals surface area contributed by atoms with Crippen LogP contribution in [0.4, 0.5) is 0 Å². The quantitative estimate of drug-likeness (QED) is 0.433. The molecular formula is C21H28Cl3NO2. The zero-order valence-electron chi connectivity index (χ0n) is 16.1. The molecule has 2 rings (SSSR count). The zero-order chi connectivity index (χ0) is 18.9. The molecule has 6 heteroatoms. The Balaban J connectivity index is 0.00000364. The summed E-state index contributed by atoms with van der Waals surface area (Å²) in [4.78, 5) is 0. The van der Waals surface area contributed by atoms with Gasteiger partial charge in [-0.2, -0.15) is 0 Å². The number of rotatable bonds is 10. The minimum atomic E-state index is 0. The topological polar surface area (TPSA) is 30.5 Å². The highest BCUT2D eigenvalue weighted by atomic mass is 35.5. The molecule has 3 nitrogen and oxygen atoms in total. The normalized spacial score (nSPS) is 10.6. The summed E-state index contributed by atoms with van der Waals surface area (Å²) in [5.74, 6) is 1.90. The van der Waals surface area contributed by atoms with Gasteiger partial charge in [0, 0.05) is 17.1 Å². The first-order valence-corrected chi connectivity index (χ1v) is 9.79. The van der Waals surface area contributed by atoms with Gasteiger partial charge in [-0.1, -0.05) is 55.2 Å². The van der Waals surface area contributed by atoms with E-state index in [0.717, 1.165) is 30.6 Å². The largest absolute Gasteiger partial charge is 0.490 e. The van der Waals surface area contributed by atoms with Gasteiger partial charge < -0.3 is 14.8 Å². The van der Waals surface area contributed by atoms with Crippen molar-refractivity contribution in [2.24, 2.45) is 5.92 Å². The molecule has 0 saturated carbocycles. The number of hydrogen-bond acceptors (Lipinski definition) is 3. The van der Waals surface area contributed by atoms with Gasteiger partial charge in [-0.25, -0.2) is 0 Å². The van der Waals surface area contributed by atoms with Crippen LogP contribution in [0.25, 0.3) is 0 Å². The van der Waals surface area contributed by atoms with Crippen molar-refractivity contribution < 1.29 is 9.47 Å². The monoisotopic (exact) mass is 431 g/mol. The van der Waals surface area contributed by atoms with Crippen LogP contribution in [0.15, 0.2) is 36.4 Å². The molecule has 0 amide bonds. The average molecular weight is 433 g/mol. The van der Waals surface area contributed by atoms with Gasteiger partial charge in [0.05, 0.1) is 11.6 Å². The Hall–Kier alpha value is -1.13. The lowest BCUT2D eigenvalue weighted by atomic mass is 10.1. The van der Waals surface area contributed by atoms with Crippen molar-refractivity contribution in [1.29, 1.82) is 0 Å². The molecule has 0 radical (unpaired) electrons. The van der Waals surface area contributed by atoms with E-state index in [4.69, 9.17) is 32.7 Å². The number of hydrogen-bond donors (Lipinski definition) is 1. The molecule has 2 aromatic carbocycles. The van der Waals surface area contributed by atoms with Crippen LogP contribution in [0.1, 0.15) is 38.3 Å². The SMILES string of the molecule is CCOc1cc(CNCCC(C)C)cc(Cl)c1OCc1ccccc1Cl.Cl. The number of ether oxygens (including phenoxy) is 2. The van der Waals surface area contributed by atoms with Crippen molar-refractivity contribution in [1.82, 2.24) is 5.32 Å².